The van der Waals surface area contributed by atoms with Gasteiger partial charge in [0.05, 0.1) is 18.3 Å². The van der Waals surface area contributed by atoms with E-state index in [1.807, 2.05) is 6.07 Å². The van der Waals surface area contributed by atoms with Crippen molar-refractivity contribution in [2.75, 3.05) is 50.1 Å². The van der Waals surface area contributed by atoms with E-state index in [0.29, 0.717) is 25.1 Å². The van der Waals surface area contributed by atoms with Crippen LogP contribution in [0.3, 0.4) is 0 Å². The lowest BCUT2D eigenvalue weighted by Crippen LogP contribution is -2.46. The number of ether oxygens (including phenoxy) is 1. The fourth-order valence-electron chi connectivity index (χ4n) is 3.94. The zero-order valence-corrected chi connectivity index (χ0v) is 19.3. The van der Waals surface area contributed by atoms with Crippen molar-refractivity contribution in [2.45, 2.75) is 32.9 Å². The Morgan fingerprint density at radius 3 is 2.55 bits per heavy atom. The highest BCUT2D eigenvalue weighted by atomic mass is 19.1. The third kappa shape index (κ3) is 5.72. The maximum absolute atomic E-state index is 14.1. The second kappa shape index (κ2) is 10.4. The summed E-state index contributed by atoms with van der Waals surface area (Å²) in [5.74, 6) is 0.496. The van der Waals surface area contributed by atoms with Crippen LogP contribution in [0, 0.1) is 11.6 Å². The molecular weight excluding hydrogens is 426 g/mol. The van der Waals surface area contributed by atoms with Gasteiger partial charge in [-0.1, -0.05) is 6.07 Å². The maximum atomic E-state index is 14.1. The molecule has 0 amide bonds. The van der Waals surface area contributed by atoms with Crippen LogP contribution in [0.25, 0.3) is 11.0 Å². The van der Waals surface area contributed by atoms with Crippen LogP contribution in [0.5, 0.6) is 0 Å². The van der Waals surface area contributed by atoms with Gasteiger partial charge in [0.25, 0.3) is 0 Å². The molecule has 0 spiro atoms. The van der Waals surface area contributed by atoms with Gasteiger partial charge in [-0.05, 0) is 26.0 Å². The number of piperazine rings is 1. The van der Waals surface area contributed by atoms with Crippen LogP contribution < -0.4 is 10.2 Å². The number of halogens is 2. The molecule has 3 heterocycles. The molecule has 176 valence electrons. The molecule has 7 nitrogen and oxygen atoms in total. The number of methoxy groups -OCH3 is 1. The van der Waals surface area contributed by atoms with Crippen molar-refractivity contribution in [3.8, 4) is 0 Å². The molecule has 1 aliphatic heterocycles. The summed E-state index contributed by atoms with van der Waals surface area (Å²) in [6, 6.07) is 5.94. The summed E-state index contributed by atoms with van der Waals surface area (Å²) < 4.78 is 32.4. The number of rotatable bonds is 8. The first-order chi connectivity index (χ1) is 15.9. The van der Waals surface area contributed by atoms with Crippen LogP contribution in [0.2, 0.25) is 0 Å². The quantitative estimate of drug-likeness (QED) is 0.555. The van der Waals surface area contributed by atoms with Crippen LogP contribution in [-0.2, 0) is 17.7 Å². The maximum Gasteiger partial charge on any atom is 0.172 e. The van der Waals surface area contributed by atoms with Crippen molar-refractivity contribution < 1.29 is 13.5 Å². The fraction of sp³-hybridized carbons (Fsp3) is 0.458. The van der Waals surface area contributed by atoms with Crippen molar-refractivity contribution in [1.82, 2.24) is 19.9 Å². The van der Waals surface area contributed by atoms with Gasteiger partial charge in [0.2, 0.25) is 0 Å². The van der Waals surface area contributed by atoms with Crippen LogP contribution in [0.4, 0.5) is 20.4 Å². The van der Waals surface area contributed by atoms with E-state index in [1.54, 1.807) is 13.3 Å². The van der Waals surface area contributed by atoms with Gasteiger partial charge in [-0.15, -0.1) is 0 Å². The minimum atomic E-state index is -0.554. The molecular formula is C24H30F2N6O. The summed E-state index contributed by atoms with van der Waals surface area (Å²) in [7, 11) is 1.67. The summed E-state index contributed by atoms with van der Waals surface area (Å²) in [4.78, 5) is 18.6. The van der Waals surface area contributed by atoms with Crippen molar-refractivity contribution in [3.63, 3.8) is 0 Å². The molecule has 1 aliphatic rings. The minimum Gasteiger partial charge on any atom is -0.384 e. The van der Waals surface area contributed by atoms with Gasteiger partial charge in [-0.25, -0.2) is 18.7 Å². The lowest BCUT2D eigenvalue weighted by molar-refractivity contribution is 0.201. The van der Waals surface area contributed by atoms with E-state index < -0.39 is 11.6 Å². The molecule has 0 aliphatic carbocycles. The van der Waals surface area contributed by atoms with Gasteiger partial charge >= 0.3 is 0 Å². The molecule has 4 rings (SSSR count). The minimum absolute atomic E-state index is 0.201. The molecule has 1 N–H and O–H groups in total. The highest BCUT2D eigenvalue weighted by molar-refractivity contribution is 5.80. The molecule has 9 heteroatoms. The van der Waals surface area contributed by atoms with Crippen molar-refractivity contribution >= 4 is 22.7 Å². The Balaban J connectivity index is 1.53. The van der Waals surface area contributed by atoms with E-state index in [2.05, 4.69) is 33.9 Å². The Morgan fingerprint density at radius 2 is 1.85 bits per heavy atom. The second-order valence-electron chi connectivity index (χ2n) is 8.60. The third-order valence-corrected chi connectivity index (χ3v) is 5.66. The predicted molar refractivity (Wildman–Crippen MR) is 126 cm³/mol. The number of aromatic nitrogens is 3. The molecule has 1 fully saturated rings. The Morgan fingerprint density at radius 1 is 1.06 bits per heavy atom. The van der Waals surface area contributed by atoms with E-state index in [0.717, 1.165) is 60.6 Å². The third-order valence-electron chi connectivity index (χ3n) is 5.66. The molecule has 0 unspecified atom stereocenters. The number of nitrogens with one attached hydrogen (secondary N) is 1. The topological polar surface area (TPSA) is 66.4 Å². The molecule has 0 atom stereocenters. The van der Waals surface area contributed by atoms with Crippen molar-refractivity contribution in [3.05, 3.63) is 53.4 Å². The van der Waals surface area contributed by atoms with Crippen LogP contribution in [-0.4, -0.2) is 65.8 Å². The van der Waals surface area contributed by atoms with Crippen LogP contribution >= 0.6 is 0 Å². The number of fused-ring (bicyclic) bond motifs is 1. The van der Waals surface area contributed by atoms with Gasteiger partial charge in [0, 0.05) is 69.6 Å². The number of anilines is 2. The first-order valence-electron chi connectivity index (χ1n) is 11.3. The highest BCUT2D eigenvalue weighted by Crippen LogP contribution is 2.27. The average molecular weight is 457 g/mol. The number of hydrogen-bond acceptors (Lipinski definition) is 7. The largest absolute Gasteiger partial charge is 0.384 e. The molecule has 33 heavy (non-hydrogen) atoms. The molecule has 2 aromatic heterocycles. The van der Waals surface area contributed by atoms with E-state index in [-0.39, 0.29) is 6.04 Å². The summed E-state index contributed by atoms with van der Waals surface area (Å²) in [6.07, 6.45) is 2.48. The fourth-order valence-corrected chi connectivity index (χ4v) is 3.94. The number of pyridine rings is 1. The van der Waals surface area contributed by atoms with E-state index in [9.17, 15) is 8.78 Å². The molecule has 0 radical (unpaired) electrons. The molecule has 0 bridgehead atoms. The van der Waals surface area contributed by atoms with E-state index in [4.69, 9.17) is 14.7 Å². The Kier molecular flexibility index (Phi) is 7.29. The number of hydrogen-bond donors (Lipinski definition) is 1. The SMILES string of the molecule is COCCc1cc2nc(N3CCN(Cc4ccc(F)cc4F)CC3)c(NC(C)C)nc2cn1. The normalized spacial score (nSPS) is 14.9. The zero-order valence-electron chi connectivity index (χ0n) is 19.3. The van der Waals surface area contributed by atoms with E-state index >= 15 is 0 Å². The second-order valence-corrected chi connectivity index (χ2v) is 8.60. The van der Waals surface area contributed by atoms with Gasteiger partial charge in [-0.2, -0.15) is 0 Å². The predicted octanol–water partition coefficient (Wildman–Crippen LogP) is 3.63. The standard InChI is InChI=1S/C24H30F2N6O/c1-16(2)28-23-24(30-21-13-19(6-11-33-3)27-14-22(21)29-23)32-9-7-31(8-10-32)15-17-4-5-18(25)12-20(17)26/h4-5,12-14,16H,6-11,15H2,1-3H3,(H,28,29). The highest BCUT2D eigenvalue weighted by Gasteiger charge is 2.23. The van der Waals surface area contributed by atoms with E-state index in [1.165, 1.54) is 12.1 Å². The van der Waals surface area contributed by atoms with Gasteiger partial charge < -0.3 is 15.0 Å². The van der Waals surface area contributed by atoms with Crippen LogP contribution in [0.1, 0.15) is 25.1 Å². The zero-order chi connectivity index (χ0) is 23.4. The Hall–Kier alpha value is -2.91. The summed E-state index contributed by atoms with van der Waals surface area (Å²) in [5, 5.41) is 3.41. The van der Waals surface area contributed by atoms with Crippen molar-refractivity contribution in [2.24, 2.45) is 0 Å². The molecule has 3 aromatic rings. The summed E-state index contributed by atoms with van der Waals surface area (Å²) in [6.45, 7) is 8.14. The lowest BCUT2D eigenvalue weighted by atomic mass is 10.1. The smallest absolute Gasteiger partial charge is 0.172 e. The van der Waals surface area contributed by atoms with Crippen LogP contribution in [0.15, 0.2) is 30.5 Å². The van der Waals surface area contributed by atoms with Gasteiger partial charge in [0.15, 0.2) is 11.6 Å². The average Bonchev–Trinajstić information content (AvgIpc) is 2.79. The number of nitrogens with zero attached hydrogens (tertiary/aromatic N) is 5. The van der Waals surface area contributed by atoms with Gasteiger partial charge in [-0.3, -0.25) is 9.88 Å². The lowest BCUT2D eigenvalue weighted by Gasteiger charge is -2.36. The first kappa shape index (κ1) is 23.3. The summed E-state index contributed by atoms with van der Waals surface area (Å²) in [5.41, 5.74) is 2.97. The van der Waals surface area contributed by atoms with Gasteiger partial charge in [0.1, 0.15) is 17.2 Å². The van der Waals surface area contributed by atoms with Crippen molar-refractivity contribution in [1.29, 1.82) is 0 Å². The summed E-state index contributed by atoms with van der Waals surface area (Å²) >= 11 is 0. The molecule has 1 saturated heterocycles. The Labute approximate surface area is 192 Å². The monoisotopic (exact) mass is 456 g/mol. The first-order valence-corrected chi connectivity index (χ1v) is 11.3. The Bertz CT molecular complexity index is 1100. The number of benzene rings is 1. The molecule has 1 aromatic carbocycles. The molecule has 0 saturated carbocycles.